The van der Waals surface area contributed by atoms with Gasteiger partial charge in [0, 0.05) is 13.3 Å². The summed E-state index contributed by atoms with van der Waals surface area (Å²) in [6.45, 7) is 1.24. The first-order valence-corrected chi connectivity index (χ1v) is 5.13. The lowest BCUT2D eigenvalue weighted by atomic mass is 10.3. The van der Waals surface area contributed by atoms with Crippen LogP contribution in [0.3, 0.4) is 0 Å². The minimum atomic E-state index is -0.529. The van der Waals surface area contributed by atoms with Crippen LogP contribution in [-0.2, 0) is 14.4 Å². The number of carbonyl (C=O) groups excluding carboxylic acids is 2. The summed E-state index contributed by atoms with van der Waals surface area (Å²) in [4.78, 5) is 25.0. The molecule has 2 rings (SSSR count). The van der Waals surface area contributed by atoms with Crippen molar-refractivity contribution in [3.8, 4) is 23.5 Å². The van der Waals surface area contributed by atoms with Crippen LogP contribution in [-0.4, -0.2) is 11.9 Å². The molecule has 0 unspecified atom stereocenters. The number of rotatable bonds is 2. The van der Waals surface area contributed by atoms with Gasteiger partial charge in [-0.3, -0.25) is 4.79 Å². The maximum atomic E-state index is 10.6. The van der Waals surface area contributed by atoms with E-state index < -0.39 is 11.9 Å². The lowest BCUT2D eigenvalue weighted by molar-refractivity contribution is -0.157. The van der Waals surface area contributed by atoms with Crippen LogP contribution in [0.15, 0.2) is 24.3 Å². The molecular weight excluding hydrogens is 218 g/mol. The summed E-state index contributed by atoms with van der Waals surface area (Å²) in [7, 11) is 0. The standard InChI is InChI=1S/C7H9NO3.C6H4/c1-3-4-5-7(10)11-8-6(2)9;1-2-5-4-6(5)3-1/h1H,4-5H2,2H3,(H,8,9);1-4H. The minimum absolute atomic E-state index is 0.122. The van der Waals surface area contributed by atoms with E-state index in [-0.39, 0.29) is 6.42 Å². The molecule has 1 amide bonds. The lowest BCUT2D eigenvalue weighted by Crippen LogP contribution is -2.24. The van der Waals surface area contributed by atoms with Gasteiger partial charge in [0.05, 0.1) is 6.42 Å². The number of hydroxylamine groups is 1. The van der Waals surface area contributed by atoms with E-state index >= 15 is 0 Å². The third-order valence-corrected chi connectivity index (χ3v) is 1.89. The number of hydrogen-bond acceptors (Lipinski definition) is 3. The molecular formula is C13H13NO3. The highest BCUT2D eigenvalue weighted by atomic mass is 16.7. The van der Waals surface area contributed by atoms with Crippen molar-refractivity contribution in [1.82, 2.24) is 5.48 Å². The Morgan fingerprint density at radius 3 is 2.41 bits per heavy atom. The Labute approximate surface area is 99.9 Å². The second kappa shape index (κ2) is 6.33. The molecule has 0 bridgehead atoms. The first-order chi connectivity index (χ1) is 8.13. The molecule has 0 atom stereocenters. The maximum Gasteiger partial charge on any atom is 0.333 e. The van der Waals surface area contributed by atoms with Gasteiger partial charge in [-0.2, -0.15) is 5.48 Å². The summed E-state index contributed by atoms with van der Waals surface area (Å²) in [5.74, 6) is 1.33. The largest absolute Gasteiger partial charge is 0.341 e. The molecule has 0 saturated carbocycles. The van der Waals surface area contributed by atoms with Crippen LogP contribution in [0.4, 0.5) is 0 Å². The van der Waals surface area contributed by atoms with Gasteiger partial charge in [-0.15, -0.1) is 12.3 Å². The maximum absolute atomic E-state index is 10.6. The summed E-state index contributed by atoms with van der Waals surface area (Å²) in [5.41, 5.74) is 4.75. The van der Waals surface area contributed by atoms with Crippen LogP contribution in [0, 0.1) is 12.3 Å². The molecule has 0 aromatic carbocycles. The molecule has 0 fully saturated rings. The van der Waals surface area contributed by atoms with Gasteiger partial charge in [-0.05, 0) is 17.2 Å². The number of carbonyl (C=O) groups is 2. The molecule has 4 nitrogen and oxygen atoms in total. The molecule has 1 N–H and O–H groups in total. The smallest absolute Gasteiger partial charge is 0.333 e. The topological polar surface area (TPSA) is 55.4 Å². The Bertz CT molecular complexity index is 443. The number of nitrogens with one attached hydrogen (secondary N) is 1. The predicted octanol–water partition coefficient (Wildman–Crippen LogP) is 1.66. The summed E-state index contributed by atoms with van der Waals surface area (Å²) < 4.78 is 0. The first kappa shape index (κ1) is 12.8. The van der Waals surface area contributed by atoms with Gasteiger partial charge in [-0.1, -0.05) is 18.2 Å². The van der Waals surface area contributed by atoms with Crippen LogP contribution < -0.4 is 5.48 Å². The van der Waals surface area contributed by atoms with Crippen molar-refractivity contribution >= 4 is 11.9 Å². The lowest BCUT2D eigenvalue weighted by Gasteiger charge is -1.99. The van der Waals surface area contributed by atoms with Crippen molar-refractivity contribution in [3.63, 3.8) is 0 Å². The molecule has 0 aliphatic heterocycles. The summed E-state index contributed by atoms with van der Waals surface area (Å²) >= 11 is 0. The zero-order valence-electron chi connectivity index (χ0n) is 9.53. The van der Waals surface area contributed by atoms with E-state index in [0.29, 0.717) is 6.42 Å². The van der Waals surface area contributed by atoms with E-state index in [4.69, 9.17) is 6.42 Å². The van der Waals surface area contributed by atoms with Crippen molar-refractivity contribution in [2.75, 3.05) is 0 Å². The van der Waals surface area contributed by atoms with Crippen LogP contribution in [0.25, 0.3) is 11.1 Å². The Morgan fingerprint density at radius 2 is 2.06 bits per heavy atom. The van der Waals surface area contributed by atoms with Gasteiger partial charge in [0.25, 0.3) is 0 Å². The van der Waals surface area contributed by atoms with E-state index in [1.807, 2.05) is 5.48 Å². The molecule has 0 aromatic rings. The van der Waals surface area contributed by atoms with E-state index in [1.54, 1.807) is 0 Å². The first-order valence-electron chi connectivity index (χ1n) is 5.13. The number of hydrogen-bond donors (Lipinski definition) is 1. The highest BCUT2D eigenvalue weighted by molar-refractivity contribution is 5.80. The molecule has 2 aliphatic carbocycles. The van der Waals surface area contributed by atoms with Gasteiger partial charge in [0.2, 0.25) is 5.91 Å². The number of terminal acetylenes is 1. The quantitative estimate of drug-likeness (QED) is 0.631. The molecule has 0 aromatic heterocycles. The zero-order chi connectivity index (χ0) is 12.7. The fourth-order valence-corrected chi connectivity index (χ4v) is 1.03. The fourth-order valence-electron chi connectivity index (χ4n) is 1.03. The second-order valence-corrected chi connectivity index (χ2v) is 3.42. The van der Waals surface area contributed by atoms with Gasteiger partial charge in [-0.25, -0.2) is 4.79 Å². The molecule has 0 saturated heterocycles. The third kappa shape index (κ3) is 5.38. The monoisotopic (exact) mass is 231 g/mol. The highest BCUT2D eigenvalue weighted by Gasteiger charge is 2.07. The molecule has 0 radical (unpaired) electrons. The Balaban J connectivity index is 0.000000196. The Hall–Kier alpha value is -2.28. The SMILES string of the molecule is C#CCCC(=O)ONC(C)=O.c1cc2cc-2c1. The Kier molecular flexibility index (Phi) is 4.77. The average molecular weight is 231 g/mol. The van der Waals surface area contributed by atoms with Gasteiger partial charge in [0.15, 0.2) is 0 Å². The summed E-state index contributed by atoms with van der Waals surface area (Å²) in [6.07, 6.45) is 5.33. The van der Waals surface area contributed by atoms with Crippen LogP contribution >= 0.6 is 0 Å². The third-order valence-electron chi connectivity index (χ3n) is 1.89. The molecule has 2 aliphatic rings. The number of benzene rings is 1. The van der Waals surface area contributed by atoms with Crippen molar-refractivity contribution in [2.45, 2.75) is 19.8 Å². The van der Waals surface area contributed by atoms with Crippen LogP contribution in [0.2, 0.25) is 0 Å². The molecule has 4 heteroatoms. The van der Waals surface area contributed by atoms with E-state index in [1.165, 1.54) is 18.1 Å². The highest BCUT2D eigenvalue weighted by Crippen LogP contribution is 2.32. The van der Waals surface area contributed by atoms with Crippen molar-refractivity contribution in [3.05, 3.63) is 24.3 Å². The summed E-state index contributed by atoms with van der Waals surface area (Å²) in [6, 6.07) is 8.48. The predicted molar refractivity (Wildman–Crippen MR) is 63.4 cm³/mol. The molecule has 88 valence electrons. The van der Waals surface area contributed by atoms with E-state index in [9.17, 15) is 9.59 Å². The van der Waals surface area contributed by atoms with Gasteiger partial charge < -0.3 is 4.84 Å². The summed E-state index contributed by atoms with van der Waals surface area (Å²) in [5, 5.41) is 0. The minimum Gasteiger partial charge on any atom is -0.341 e. The van der Waals surface area contributed by atoms with Crippen molar-refractivity contribution < 1.29 is 14.4 Å². The van der Waals surface area contributed by atoms with Crippen LogP contribution in [0.1, 0.15) is 19.8 Å². The van der Waals surface area contributed by atoms with Crippen molar-refractivity contribution in [2.24, 2.45) is 0 Å². The number of fused-ring (bicyclic) bond motifs is 1. The number of amides is 1. The molecule has 0 spiro atoms. The molecule has 17 heavy (non-hydrogen) atoms. The second-order valence-electron chi connectivity index (χ2n) is 3.42. The normalized spacial score (nSPS) is 9.18. The van der Waals surface area contributed by atoms with Crippen molar-refractivity contribution in [1.29, 1.82) is 0 Å². The Morgan fingerprint density at radius 1 is 1.41 bits per heavy atom. The van der Waals surface area contributed by atoms with E-state index in [0.717, 1.165) is 0 Å². The van der Waals surface area contributed by atoms with Crippen LogP contribution in [0.5, 0.6) is 0 Å². The molecule has 0 heterocycles. The van der Waals surface area contributed by atoms with Gasteiger partial charge in [0.1, 0.15) is 0 Å². The fraction of sp³-hybridized carbons (Fsp3) is 0.231. The average Bonchev–Trinajstić information content (AvgIpc) is 2.91. The van der Waals surface area contributed by atoms with Gasteiger partial charge >= 0.3 is 5.97 Å². The van der Waals surface area contributed by atoms with E-state index in [2.05, 4.69) is 35.0 Å². The zero-order valence-corrected chi connectivity index (χ0v) is 9.53.